The first-order valence-electron chi connectivity index (χ1n) is 9.36. The fourth-order valence-electron chi connectivity index (χ4n) is 3.42. The molecule has 4 nitrogen and oxygen atoms in total. The highest BCUT2D eigenvalue weighted by Crippen LogP contribution is 2.20. The molecule has 0 bridgehead atoms. The molecule has 1 saturated heterocycles. The van der Waals surface area contributed by atoms with E-state index in [0.29, 0.717) is 18.0 Å². The summed E-state index contributed by atoms with van der Waals surface area (Å²) in [5, 5.41) is 0. The van der Waals surface area contributed by atoms with E-state index in [0.717, 1.165) is 32.5 Å². The van der Waals surface area contributed by atoms with Crippen LogP contribution in [0.3, 0.4) is 0 Å². The van der Waals surface area contributed by atoms with E-state index in [1.165, 1.54) is 16.7 Å². The van der Waals surface area contributed by atoms with Gasteiger partial charge in [0.2, 0.25) is 10.0 Å². The lowest BCUT2D eigenvalue weighted by atomic mass is 10.1. The van der Waals surface area contributed by atoms with Crippen LogP contribution < -0.4 is 0 Å². The zero-order chi connectivity index (χ0) is 18.6. The number of rotatable bonds is 6. The molecule has 148 valence electrons. The molecule has 0 spiro atoms. The van der Waals surface area contributed by atoms with Crippen LogP contribution in [0.15, 0.2) is 53.4 Å². The normalized spacial score (nSPS) is 16.1. The van der Waals surface area contributed by atoms with E-state index in [4.69, 9.17) is 0 Å². The van der Waals surface area contributed by atoms with E-state index < -0.39 is 10.0 Å². The van der Waals surface area contributed by atoms with Crippen LogP contribution in [0.2, 0.25) is 0 Å². The number of nitrogens with zero attached hydrogens (tertiary/aromatic N) is 2. The van der Waals surface area contributed by atoms with Crippen molar-refractivity contribution in [1.82, 2.24) is 9.21 Å². The van der Waals surface area contributed by atoms with Gasteiger partial charge in [0, 0.05) is 32.7 Å². The smallest absolute Gasteiger partial charge is 0.243 e. The number of aryl methyl sites for hydroxylation is 2. The SMILES string of the molecule is CCCc1ccc(S(=O)(=O)N2CCN(Cc3ccccc3C)CC2)cc1.Cl. The highest BCUT2D eigenvalue weighted by Gasteiger charge is 2.28. The van der Waals surface area contributed by atoms with Crippen molar-refractivity contribution in [3.8, 4) is 0 Å². The molecule has 1 aliphatic heterocycles. The molecule has 0 radical (unpaired) electrons. The lowest BCUT2D eigenvalue weighted by molar-refractivity contribution is 0.181. The Morgan fingerprint density at radius 2 is 1.56 bits per heavy atom. The number of sulfonamides is 1. The van der Waals surface area contributed by atoms with Gasteiger partial charge in [-0.3, -0.25) is 4.90 Å². The molecule has 2 aromatic carbocycles. The molecule has 0 N–H and O–H groups in total. The predicted octanol–water partition coefficient (Wildman–Crippen LogP) is 3.88. The first-order valence-corrected chi connectivity index (χ1v) is 10.8. The molecular weight excluding hydrogens is 380 g/mol. The van der Waals surface area contributed by atoms with Gasteiger partial charge in [-0.15, -0.1) is 12.4 Å². The highest BCUT2D eigenvalue weighted by atomic mass is 35.5. The standard InChI is InChI=1S/C21H28N2O2S.ClH/c1-3-6-19-9-11-21(12-10-19)26(24,25)23-15-13-22(14-16-23)17-20-8-5-4-7-18(20)2;/h4-5,7-12H,3,6,13-17H2,1-2H3;1H. The minimum Gasteiger partial charge on any atom is -0.296 e. The molecule has 0 unspecified atom stereocenters. The molecule has 1 fully saturated rings. The quantitative estimate of drug-likeness (QED) is 0.728. The molecule has 27 heavy (non-hydrogen) atoms. The Morgan fingerprint density at radius 3 is 2.15 bits per heavy atom. The average molecular weight is 409 g/mol. The summed E-state index contributed by atoms with van der Waals surface area (Å²) >= 11 is 0. The molecule has 1 heterocycles. The monoisotopic (exact) mass is 408 g/mol. The molecular formula is C21H29ClN2O2S. The summed E-state index contributed by atoms with van der Waals surface area (Å²) in [7, 11) is -3.39. The second kappa shape index (κ2) is 9.69. The molecule has 2 aromatic rings. The Morgan fingerprint density at radius 1 is 0.926 bits per heavy atom. The minimum atomic E-state index is -3.39. The number of halogens is 1. The van der Waals surface area contributed by atoms with Gasteiger partial charge in [0.05, 0.1) is 4.90 Å². The number of piperazine rings is 1. The Balaban J connectivity index is 0.00000261. The Bertz CT molecular complexity index is 830. The fraction of sp³-hybridized carbons (Fsp3) is 0.429. The predicted molar refractivity (Wildman–Crippen MR) is 113 cm³/mol. The van der Waals surface area contributed by atoms with E-state index in [1.54, 1.807) is 16.4 Å². The first-order chi connectivity index (χ1) is 12.5. The maximum atomic E-state index is 12.9. The van der Waals surface area contributed by atoms with Crippen LogP contribution in [0.1, 0.15) is 30.0 Å². The van der Waals surface area contributed by atoms with Crippen LogP contribution in [-0.4, -0.2) is 43.8 Å². The third kappa shape index (κ3) is 5.32. The molecule has 0 saturated carbocycles. The first kappa shape index (κ1) is 21.9. The fourth-order valence-corrected chi connectivity index (χ4v) is 4.84. The van der Waals surface area contributed by atoms with E-state index in [9.17, 15) is 8.42 Å². The topological polar surface area (TPSA) is 40.6 Å². The second-order valence-corrected chi connectivity index (χ2v) is 8.94. The summed E-state index contributed by atoms with van der Waals surface area (Å²) < 4.78 is 27.4. The van der Waals surface area contributed by atoms with Gasteiger partial charge in [-0.2, -0.15) is 4.31 Å². The molecule has 1 aliphatic rings. The van der Waals surface area contributed by atoms with E-state index >= 15 is 0 Å². The lowest BCUT2D eigenvalue weighted by Crippen LogP contribution is -2.48. The van der Waals surface area contributed by atoms with Gasteiger partial charge >= 0.3 is 0 Å². The van der Waals surface area contributed by atoms with Crippen LogP contribution in [0.4, 0.5) is 0 Å². The zero-order valence-electron chi connectivity index (χ0n) is 16.1. The number of hydrogen-bond acceptors (Lipinski definition) is 3. The van der Waals surface area contributed by atoms with Crippen molar-refractivity contribution < 1.29 is 8.42 Å². The highest BCUT2D eigenvalue weighted by molar-refractivity contribution is 7.89. The van der Waals surface area contributed by atoms with E-state index in [2.05, 4.69) is 43.0 Å². The molecule has 0 amide bonds. The van der Waals surface area contributed by atoms with Gasteiger partial charge < -0.3 is 0 Å². The van der Waals surface area contributed by atoms with E-state index in [1.807, 2.05) is 12.1 Å². The number of hydrogen-bond donors (Lipinski definition) is 0. The van der Waals surface area contributed by atoms with Gasteiger partial charge in [0.1, 0.15) is 0 Å². The Labute approximate surface area is 169 Å². The van der Waals surface area contributed by atoms with Gasteiger partial charge in [-0.05, 0) is 42.2 Å². The zero-order valence-corrected chi connectivity index (χ0v) is 17.7. The third-order valence-corrected chi connectivity index (χ3v) is 7.00. The maximum absolute atomic E-state index is 12.9. The van der Waals surface area contributed by atoms with Crippen molar-refractivity contribution in [3.63, 3.8) is 0 Å². The molecule has 0 atom stereocenters. The van der Waals surface area contributed by atoms with Crippen molar-refractivity contribution in [1.29, 1.82) is 0 Å². The van der Waals surface area contributed by atoms with Crippen LogP contribution in [-0.2, 0) is 23.0 Å². The van der Waals surface area contributed by atoms with Crippen molar-refractivity contribution >= 4 is 22.4 Å². The largest absolute Gasteiger partial charge is 0.296 e. The van der Waals surface area contributed by atoms with Crippen molar-refractivity contribution in [2.24, 2.45) is 0 Å². The molecule has 0 aliphatic carbocycles. The van der Waals surface area contributed by atoms with Crippen LogP contribution in [0, 0.1) is 6.92 Å². The van der Waals surface area contributed by atoms with Gasteiger partial charge in [0.25, 0.3) is 0 Å². The molecule has 6 heteroatoms. The minimum absolute atomic E-state index is 0. The summed E-state index contributed by atoms with van der Waals surface area (Å²) in [5.74, 6) is 0. The van der Waals surface area contributed by atoms with Crippen molar-refractivity contribution in [3.05, 3.63) is 65.2 Å². The summed E-state index contributed by atoms with van der Waals surface area (Å²) in [4.78, 5) is 2.74. The van der Waals surface area contributed by atoms with Crippen molar-refractivity contribution in [2.75, 3.05) is 26.2 Å². The molecule has 3 rings (SSSR count). The van der Waals surface area contributed by atoms with Crippen LogP contribution in [0.25, 0.3) is 0 Å². The number of benzene rings is 2. The van der Waals surface area contributed by atoms with E-state index in [-0.39, 0.29) is 12.4 Å². The van der Waals surface area contributed by atoms with Crippen LogP contribution in [0.5, 0.6) is 0 Å². The summed E-state index contributed by atoms with van der Waals surface area (Å²) in [6.07, 6.45) is 2.05. The van der Waals surface area contributed by atoms with Gasteiger partial charge in [0.15, 0.2) is 0 Å². The third-order valence-electron chi connectivity index (χ3n) is 5.09. The maximum Gasteiger partial charge on any atom is 0.243 e. The average Bonchev–Trinajstić information content (AvgIpc) is 2.65. The summed E-state index contributed by atoms with van der Waals surface area (Å²) in [5.41, 5.74) is 3.79. The van der Waals surface area contributed by atoms with Gasteiger partial charge in [-0.25, -0.2) is 8.42 Å². The molecule has 0 aromatic heterocycles. The van der Waals surface area contributed by atoms with Crippen LogP contribution >= 0.6 is 12.4 Å². The summed E-state index contributed by atoms with van der Waals surface area (Å²) in [6, 6.07) is 15.8. The lowest BCUT2D eigenvalue weighted by Gasteiger charge is -2.34. The Hall–Kier alpha value is -1.40. The van der Waals surface area contributed by atoms with Gasteiger partial charge in [-0.1, -0.05) is 49.7 Å². The second-order valence-electron chi connectivity index (χ2n) is 7.00. The van der Waals surface area contributed by atoms with Crippen molar-refractivity contribution in [2.45, 2.75) is 38.1 Å². The Kier molecular flexibility index (Phi) is 7.86. The summed E-state index contributed by atoms with van der Waals surface area (Å²) in [6.45, 7) is 7.75.